The molecule has 68 valence electrons. The number of rotatable bonds is 2. The summed E-state index contributed by atoms with van der Waals surface area (Å²) in [5.41, 5.74) is 0.556. The molecule has 1 aromatic rings. The maximum Gasteiger partial charge on any atom is 0.139 e. The Morgan fingerprint density at radius 3 is 2.69 bits per heavy atom. The SMILES string of the molecule is CC(C)Oc1cc(C#N)ccc1Cl. The standard InChI is InChI=1S/C10H10ClNO/c1-7(2)13-10-5-8(6-12)3-4-9(10)11/h3-5,7H,1-2H3. The van der Waals surface area contributed by atoms with E-state index in [0.29, 0.717) is 16.3 Å². The summed E-state index contributed by atoms with van der Waals surface area (Å²) in [6.45, 7) is 3.82. The van der Waals surface area contributed by atoms with Gasteiger partial charge in [0.1, 0.15) is 5.75 Å². The summed E-state index contributed by atoms with van der Waals surface area (Å²) in [6, 6.07) is 7.00. The van der Waals surface area contributed by atoms with Crippen LogP contribution in [0.4, 0.5) is 0 Å². The Kier molecular flexibility index (Phi) is 3.16. The van der Waals surface area contributed by atoms with E-state index in [2.05, 4.69) is 0 Å². The average molecular weight is 196 g/mol. The monoisotopic (exact) mass is 195 g/mol. The molecule has 0 amide bonds. The quantitative estimate of drug-likeness (QED) is 0.727. The van der Waals surface area contributed by atoms with Crippen LogP contribution in [0.5, 0.6) is 5.75 Å². The van der Waals surface area contributed by atoms with E-state index >= 15 is 0 Å². The number of hydrogen-bond acceptors (Lipinski definition) is 2. The molecule has 0 bridgehead atoms. The third kappa shape index (κ3) is 2.64. The van der Waals surface area contributed by atoms with Crippen LogP contribution in [-0.2, 0) is 0 Å². The van der Waals surface area contributed by atoms with Crippen LogP contribution in [0.1, 0.15) is 19.4 Å². The molecule has 0 N–H and O–H groups in total. The Morgan fingerprint density at radius 1 is 1.46 bits per heavy atom. The van der Waals surface area contributed by atoms with Crippen molar-refractivity contribution >= 4 is 11.6 Å². The topological polar surface area (TPSA) is 33.0 Å². The van der Waals surface area contributed by atoms with Gasteiger partial charge in [0, 0.05) is 0 Å². The normalized spacial score (nSPS) is 9.77. The highest BCUT2D eigenvalue weighted by atomic mass is 35.5. The third-order valence-electron chi connectivity index (χ3n) is 1.42. The fourth-order valence-corrected chi connectivity index (χ4v) is 1.08. The highest BCUT2D eigenvalue weighted by Gasteiger charge is 2.04. The number of benzene rings is 1. The predicted octanol–water partition coefficient (Wildman–Crippen LogP) is 3.00. The second-order valence-electron chi connectivity index (χ2n) is 2.92. The molecule has 0 saturated carbocycles. The van der Waals surface area contributed by atoms with E-state index in [1.54, 1.807) is 18.2 Å². The van der Waals surface area contributed by atoms with Gasteiger partial charge in [0.25, 0.3) is 0 Å². The third-order valence-corrected chi connectivity index (χ3v) is 1.74. The zero-order valence-electron chi connectivity index (χ0n) is 7.54. The first kappa shape index (κ1) is 9.88. The van der Waals surface area contributed by atoms with E-state index in [4.69, 9.17) is 21.6 Å². The first-order valence-corrected chi connectivity index (χ1v) is 4.37. The second-order valence-corrected chi connectivity index (χ2v) is 3.33. The lowest BCUT2D eigenvalue weighted by Crippen LogP contribution is -2.05. The van der Waals surface area contributed by atoms with Crippen LogP contribution >= 0.6 is 11.6 Å². The molecule has 0 heterocycles. The lowest BCUT2D eigenvalue weighted by molar-refractivity contribution is 0.242. The molecule has 1 rings (SSSR count). The molecule has 0 atom stereocenters. The minimum Gasteiger partial charge on any atom is -0.489 e. The van der Waals surface area contributed by atoms with Gasteiger partial charge in [-0.3, -0.25) is 0 Å². The predicted molar refractivity (Wildman–Crippen MR) is 51.9 cm³/mol. The van der Waals surface area contributed by atoms with Gasteiger partial charge in [-0.25, -0.2) is 0 Å². The van der Waals surface area contributed by atoms with Gasteiger partial charge in [0.15, 0.2) is 0 Å². The Bertz CT molecular complexity index is 341. The smallest absolute Gasteiger partial charge is 0.139 e. The molecule has 0 unspecified atom stereocenters. The summed E-state index contributed by atoms with van der Waals surface area (Å²) >= 11 is 5.86. The zero-order chi connectivity index (χ0) is 9.84. The average Bonchev–Trinajstić information content (AvgIpc) is 2.08. The molecule has 0 aliphatic rings. The molecule has 13 heavy (non-hydrogen) atoms. The maximum atomic E-state index is 8.64. The molecule has 0 fully saturated rings. The molecule has 0 radical (unpaired) electrons. The van der Waals surface area contributed by atoms with E-state index in [-0.39, 0.29) is 6.10 Å². The minimum atomic E-state index is 0.0615. The van der Waals surface area contributed by atoms with E-state index in [0.717, 1.165) is 0 Å². The highest BCUT2D eigenvalue weighted by molar-refractivity contribution is 6.32. The van der Waals surface area contributed by atoms with E-state index in [9.17, 15) is 0 Å². The van der Waals surface area contributed by atoms with Crippen molar-refractivity contribution in [3.05, 3.63) is 28.8 Å². The van der Waals surface area contributed by atoms with Crippen LogP contribution in [0.2, 0.25) is 5.02 Å². The van der Waals surface area contributed by atoms with E-state index in [1.165, 1.54) is 0 Å². The Morgan fingerprint density at radius 2 is 2.15 bits per heavy atom. The molecule has 3 heteroatoms. The van der Waals surface area contributed by atoms with Crippen LogP contribution < -0.4 is 4.74 Å². The molecule has 0 aliphatic heterocycles. The fourth-order valence-electron chi connectivity index (χ4n) is 0.917. The summed E-state index contributed by atoms with van der Waals surface area (Å²) in [5.74, 6) is 0.565. The largest absolute Gasteiger partial charge is 0.489 e. The molecule has 0 saturated heterocycles. The van der Waals surface area contributed by atoms with E-state index < -0.39 is 0 Å². The van der Waals surface area contributed by atoms with Crippen LogP contribution in [0, 0.1) is 11.3 Å². The summed E-state index contributed by atoms with van der Waals surface area (Å²) in [7, 11) is 0. The van der Waals surface area contributed by atoms with Crippen LogP contribution in [0.3, 0.4) is 0 Å². The maximum absolute atomic E-state index is 8.64. The number of nitrogens with zero attached hydrogens (tertiary/aromatic N) is 1. The molecule has 1 aromatic carbocycles. The van der Waals surface area contributed by atoms with E-state index in [1.807, 2.05) is 19.9 Å². The van der Waals surface area contributed by atoms with Gasteiger partial charge in [0.05, 0.1) is 22.8 Å². The number of halogens is 1. The van der Waals surface area contributed by atoms with Crippen LogP contribution in [0.25, 0.3) is 0 Å². The molecule has 2 nitrogen and oxygen atoms in total. The van der Waals surface area contributed by atoms with Gasteiger partial charge in [0.2, 0.25) is 0 Å². The first-order valence-electron chi connectivity index (χ1n) is 4.00. The molecular formula is C10H10ClNO. The van der Waals surface area contributed by atoms with Crippen molar-refractivity contribution in [3.8, 4) is 11.8 Å². The zero-order valence-corrected chi connectivity index (χ0v) is 8.30. The van der Waals surface area contributed by atoms with Crippen LogP contribution in [-0.4, -0.2) is 6.10 Å². The van der Waals surface area contributed by atoms with Gasteiger partial charge in [-0.15, -0.1) is 0 Å². The lowest BCUT2D eigenvalue weighted by atomic mass is 10.2. The Labute approximate surface area is 82.7 Å². The van der Waals surface area contributed by atoms with Gasteiger partial charge < -0.3 is 4.74 Å². The summed E-state index contributed by atoms with van der Waals surface area (Å²) in [5, 5.41) is 9.17. The van der Waals surface area contributed by atoms with Crippen LogP contribution in [0.15, 0.2) is 18.2 Å². The van der Waals surface area contributed by atoms with Gasteiger partial charge >= 0.3 is 0 Å². The van der Waals surface area contributed by atoms with Gasteiger partial charge in [-0.1, -0.05) is 11.6 Å². The Hall–Kier alpha value is -1.20. The van der Waals surface area contributed by atoms with Gasteiger partial charge in [-0.05, 0) is 32.0 Å². The highest BCUT2D eigenvalue weighted by Crippen LogP contribution is 2.26. The lowest BCUT2D eigenvalue weighted by Gasteiger charge is -2.10. The number of hydrogen-bond donors (Lipinski definition) is 0. The summed E-state index contributed by atoms with van der Waals surface area (Å²) in [4.78, 5) is 0. The molecular weight excluding hydrogens is 186 g/mol. The Balaban J connectivity index is 2.99. The van der Waals surface area contributed by atoms with Crippen molar-refractivity contribution in [2.45, 2.75) is 20.0 Å². The number of ether oxygens (including phenoxy) is 1. The van der Waals surface area contributed by atoms with Crippen molar-refractivity contribution < 1.29 is 4.74 Å². The van der Waals surface area contributed by atoms with Crippen molar-refractivity contribution in [2.24, 2.45) is 0 Å². The van der Waals surface area contributed by atoms with Crippen molar-refractivity contribution in [1.29, 1.82) is 5.26 Å². The van der Waals surface area contributed by atoms with Crippen molar-refractivity contribution in [3.63, 3.8) is 0 Å². The number of nitriles is 1. The van der Waals surface area contributed by atoms with Gasteiger partial charge in [-0.2, -0.15) is 5.26 Å². The first-order chi connectivity index (χ1) is 6.13. The fraction of sp³-hybridized carbons (Fsp3) is 0.300. The summed E-state index contributed by atoms with van der Waals surface area (Å²) in [6.07, 6.45) is 0.0615. The molecule has 0 aliphatic carbocycles. The second kappa shape index (κ2) is 4.15. The van der Waals surface area contributed by atoms with Crippen molar-refractivity contribution in [1.82, 2.24) is 0 Å². The molecule has 0 aromatic heterocycles. The molecule has 0 spiro atoms. The summed E-state index contributed by atoms with van der Waals surface area (Å²) < 4.78 is 5.40. The van der Waals surface area contributed by atoms with Crippen molar-refractivity contribution in [2.75, 3.05) is 0 Å². The minimum absolute atomic E-state index is 0.0615.